The third-order valence-electron chi connectivity index (χ3n) is 4.80. The minimum Gasteiger partial charge on any atom is -0.504 e. The molecule has 1 unspecified atom stereocenters. The molecule has 6 heteroatoms. The summed E-state index contributed by atoms with van der Waals surface area (Å²) in [4.78, 5) is 13.5. The summed E-state index contributed by atoms with van der Waals surface area (Å²) in [6.07, 6.45) is 0.349. The standard InChI is InChI=1S/C21H19NO4S/c1-25-14-6-3-12(4-7-14)16-11-27-21-15(10-19(24)22-20(16)21)13-5-8-18(26-2)17(23)9-13/h3-9,11,15,23H,10H2,1-2H3,(H,22,24). The summed E-state index contributed by atoms with van der Waals surface area (Å²) >= 11 is 1.62. The molecule has 2 aromatic carbocycles. The number of anilines is 1. The van der Waals surface area contributed by atoms with Gasteiger partial charge in [0.2, 0.25) is 5.91 Å². The van der Waals surface area contributed by atoms with E-state index >= 15 is 0 Å². The highest BCUT2D eigenvalue weighted by atomic mass is 32.1. The number of phenolic OH excluding ortho intramolecular Hbond substituents is 1. The lowest BCUT2D eigenvalue weighted by Gasteiger charge is -2.24. The van der Waals surface area contributed by atoms with Crippen LogP contribution in [0.4, 0.5) is 5.69 Å². The summed E-state index contributed by atoms with van der Waals surface area (Å²) in [7, 11) is 3.15. The maximum Gasteiger partial charge on any atom is 0.225 e. The van der Waals surface area contributed by atoms with E-state index in [4.69, 9.17) is 9.47 Å². The average Bonchev–Trinajstić information content (AvgIpc) is 3.11. The van der Waals surface area contributed by atoms with E-state index in [0.717, 1.165) is 33.0 Å². The predicted octanol–water partition coefficient (Wildman–Crippen LogP) is 4.61. The fourth-order valence-corrected chi connectivity index (χ4v) is 4.56. The van der Waals surface area contributed by atoms with Crippen molar-refractivity contribution in [2.45, 2.75) is 12.3 Å². The number of fused-ring (bicyclic) bond motifs is 1. The van der Waals surface area contributed by atoms with Crippen LogP contribution in [0.3, 0.4) is 0 Å². The Bertz CT molecular complexity index is 994. The Morgan fingerprint density at radius 3 is 2.56 bits per heavy atom. The van der Waals surface area contributed by atoms with E-state index in [1.54, 1.807) is 30.6 Å². The van der Waals surface area contributed by atoms with Gasteiger partial charge in [0, 0.05) is 28.2 Å². The summed E-state index contributed by atoms with van der Waals surface area (Å²) in [6.45, 7) is 0. The lowest BCUT2D eigenvalue weighted by atomic mass is 9.89. The van der Waals surface area contributed by atoms with Crippen LogP contribution in [0.1, 0.15) is 22.8 Å². The molecule has 1 aliphatic heterocycles. The predicted molar refractivity (Wildman–Crippen MR) is 106 cm³/mol. The van der Waals surface area contributed by atoms with Gasteiger partial charge in [0.05, 0.1) is 19.9 Å². The van der Waals surface area contributed by atoms with Gasteiger partial charge in [-0.05, 0) is 35.4 Å². The van der Waals surface area contributed by atoms with E-state index in [0.29, 0.717) is 12.2 Å². The molecule has 27 heavy (non-hydrogen) atoms. The zero-order chi connectivity index (χ0) is 19.0. The molecule has 1 aliphatic rings. The molecule has 138 valence electrons. The fourth-order valence-electron chi connectivity index (χ4n) is 3.40. The number of thiophene rings is 1. The van der Waals surface area contributed by atoms with Crippen molar-refractivity contribution in [3.63, 3.8) is 0 Å². The van der Waals surface area contributed by atoms with Gasteiger partial charge in [0.25, 0.3) is 0 Å². The van der Waals surface area contributed by atoms with E-state index in [2.05, 4.69) is 10.7 Å². The molecule has 0 radical (unpaired) electrons. The minimum atomic E-state index is -0.0949. The summed E-state index contributed by atoms with van der Waals surface area (Å²) < 4.78 is 10.3. The molecule has 4 rings (SSSR count). The molecule has 2 N–H and O–H groups in total. The van der Waals surface area contributed by atoms with Crippen LogP contribution < -0.4 is 14.8 Å². The largest absolute Gasteiger partial charge is 0.504 e. The van der Waals surface area contributed by atoms with Crippen LogP contribution in [0, 0.1) is 0 Å². The number of rotatable bonds is 4. The monoisotopic (exact) mass is 381 g/mol. The lowest BCUT2D eigenvalue weighted by molar-refractivity contribution is -0.116. The smallest absolute Gasteiger partial charge is 0.225 e. The molecule has 0 bridgehead atoms. The Morgan fingerprint density at radius 2 is 1.89 bits per heavy atom. The summed E-state index contributed by atoms with van der Waals surface area (Å²) in [6, 6.07) is 13.1. The van der Waals surface area contributed by atoms with E-state index in [9.17, 15) is 9.90 Å². The number of amides is 1. The number of nitrogens with one attached hydrogen (secondary N) is 1. The zero-order valence-electron chi connectivity index (χ0n) is 15.0. The molecule has 0 fully saturated rings. The van der Waals surface area contributed by atoms with Crippen molar-refractivity contribution in [1.82, 2.24) is 0 Å². The molecular formula is C21H19NO4S. The first-order valence-electron chi connectivity index (χ1n) is 8.53. The summed E-state index contributed by atoms with van der Waals surface area (Å²) in [5.74, 6) is 1.16. The van der Waals surface area contributed by atoms with Crippen LogP contribution in [-0.2, 0) is 4.79 Å². The first kappa shape index (κ1) is 17.4. The Hall–Kier alpha value is -2.99. The third kappa shape index (κ3) is 3.13. The SMILES string of the molecule is COc1ccc(-c2csc3c2NC(=O)CC3c2ccc(OC)c(O)c2)cc1. The number of carbonyl (C=O) groups is 1. The second-order valence-electron chi connectivity index (χ2n) is 6.35. The van der Waals surface area contributed by atoms with Crippen molar-refractivity contribution in [3.8, 4) is 28.4 Å². The first-order valence-corrected chi connectivity index (χ1v) is 9.41. The van der Waals surface area contributed by atoms with Crippen LogP contribution in [0.25, 0.3) is 11.1 Å². The van der Waals surface area contributed by atoms with Crippen molar-refractivity contribution in [2.75, 3.05) is 19.5 Å². The van der Waals surface area contributed by atoms with Crippen molar-refractivity contribution < 1.29 is 19.4 Å². The Balaban J connectivity index is 1.76. The minimum absolute atomic E-state index is 0.0315. The van der Waals surface area contributed by atoms with Gasteiger partial charge in [-0.3, -0.25) is 4.79 Å². The Kier molecular flexibility index (Phi) is 4.49. The van der Waals surface area contributed by atoms with Gasteiger partial charge < -0.3 is 19.9 Å². The summed E-state index contributed by atoms with van der Waals surface area (Å²) in [5.41, 5.74) is 3.76. The number of phenols is 1. The molecule has 1 aromatic heterocycles. The van der Waals surface area contributed by atoms with E-state index in [-0.39, 0.29) is 17.6 Å². The number of carbonyl (C=O) groups excluding carboxylic acids is 1. The summed E-state index contributed by atoms with van der Waals surface area (Å²) in [5, 5.41) is 15.2. The van der Waals surface area contributed by atoms with Crippen molar-refractivity contribution in [2.24, 2.45) is 0 Å². The number of benzene rings is 2. The molecule has 1 atom stereocenters. The highest BCUT2D eigenvalue weighted by molar-refractivity contribution is 7.11. The van der Waals surface area contributed by atoms with E-state index < -0.39 is 0 Å². The molecule has 3 aromatic rings. The average molecular weight is 381 g/mol. The van der Waals surface area contributed by atoms with Gasteiger partial charge >= 0.3 is 0 Å². The molecule has 5 nitrogen and oxygen atoms in total. The molecule has 2 heterocycles. The van der Waals surface area contributed by atoms with Gasteiger partial charge in [0.15, 0.2) is 11.5 Å². The number of aromatic hydroxyl groups is 1. The van der Waals surface area contributed by atoms with Crippen LogP contribution >= 0.6 is 11.3 Å². The van der Waals surface area contributed by atoms with Gasteiger partial charge in [0.1, 0.15) is 5.75 Å². The molecule has 0 saturated carbocycles. The normalized spacial score (nSPS) is 15.8. The number of hydrogen-bond donors (Lipinski definition) is 2. The van der Waals surface area contributed by atoms with Crippen molar-refractivity contribution in [1.29, 1.82) is 0 Å². The Morgan fingerprint density at radius 1 is 1.11 bits per heavy atom. The van der Waals surface area contributed by atoms with Crippen molar-refractivity contribution in [3.05, 3.63) is 58.3 Å². The molecule has 1 amide bonds. The van der Waals surface area contributed by atoms with E-state index in [1.807, 2.05) is 30.3 Å². The van der Waals surface area contributed by atoms with E-state index in [1.165, 1.54) is 7.11 Å². The number of hydrogen-bond acceptors (Lipinski definition) is 5. The lowest BCUT2D eigenvalue weighted by Crippen LogP contribution is -2.22. The third-order valence-corrected chi connectivity index (χ3v) is 5.89. The van der Waals surface area contributed by atoms with Gasteiger partial charge in [-0.15, -0.1) is 11.3 Å². The highest BCUT2D eigenvalue weighted by Gasteiger charge is 2.30. The van der Waals surface area contributed by atoms with Crippen LogP contribution in [0.15, 0.2) is 47.8 Å². The van der Waals surface area contributed by atoms with Gasteiger partial charge in [-0.1, -0.05) is 18.2 Å². The molecule has 0 saturated heterocycles. The number of methoxy groups -OCH3 is 2. The zero-order valence-corrected chi connectivity index (χ0v) is 15.8. The fraction of sp³-hybridized carbons (Fsp3) is 0.190. The molecular weight excluding hydrogens is 362 g/mol. The number of ether oxygens (including phenoxy) is 2. The van der Waals surface area contributed by atoms with Crippen LogP contribution in [-0.4, -0.2) is 25.2 Å². The van der Waals surface area contributed by atoms with Crippen LogP contribution in [0.2, 0.25) is 0 Å². The maximum absolute atomic E-state index is 12.4. The van der Waals surface area contributed by atoms with Gasteiger partial charge in [-0.2, -0.15) is 0 Å². The topological polar surface area (TPSA) is 67.8 Å². The second kappa shape index (κ2) is 6.96. The highest BCUT2D eigenvalue weighted by Crippen LogP contribution is 2.47. The maximum atomic E-state index is 12.4. The Labute approximate surface area is 161 Å². The molecule has 0 spiro atoms. The first-order chi connectivity index (χ1) is 13.1. The van der Waals surface area contributed by atoms with Gasteiger partial charge in [-0.25, -0.2) is 0 Å². The molecule has 0 aliphatic carbocycles. The quantitative estimate of drug-likeness (QED) is 0.692. The van der Waals surface area contributed by atoms with Crippen molar-refractivity contribution >= 4 is 22.9 Å². The second-order valence-corrected chi connectivity index (χ2v) is 7.26. The van der Waals surface area contributed by atoms with Crippen LogP contribution in [0.5, 0.6) is 17.2 Å².